The molecule has 0 spiro atoms. The summed E-state index contributed by atoms with van der Waals surface area (Å²) in [6.07, 6.45) is 3.82. The second-order valence-electron chi connectivity index (χ2n) is 9.59. The number of nitrogens with zero attached hydrogens (tertiary/aromatic N) is 4. The first kappa shape index (κ1) is 25.4. The van der Waals surface area contributed by atoms with Gasteiger partial charge in [0.2, 0.25) is 0 Å². The van der Waals surface area contributed by atoms with Crippen molar-refractivity contribution in [1.29, 1.82) is 0 Å². The molecule has 5 rings (SSSR count). The smallest absolute Gasteiger partial charge is 0.355 e. The van der Waals surface area contributed by atoms with Crippen LogP contribution in [0.3, 0.4) is 0 Å². The molecule has 2 aromatic carbocycles. The monoisotopic (exact) mass is 521 g/mol. The summed E-state index contributed by atoms with van der Waals surface area (Å²) >= 11 is 1.43. The van der Waals surface area contributed by atoms with Crippen LogP contribution in [0.5, 0.6) is 0 Å². The number of hydrogen-bond donors (Lipinski definition) is 2. The average Bonchev–Trinajstić information content (AvgIpc) is 3.48. The zero-order valence-electron chi connectivity index (χ0n) is 21.0. The minimum Gasteiger partial charge on any atom is -0.476 e. The zero-order chi connectivity index (χ0) is 25.8. The van der Waals surface area contributed by atoms with E-state index in [0.29, 0.717) is 24.0 Å². The molecule has 0 bridgehead atoms. The molecular formula is C28H32FN5O2S. The van der Waals surface area contributed by atoms with Crippen LogP contribution in [0, 0.1) is 11.7 Å². The number of fused-ring (bicyclic) bond motifs is 1. The van der Waals surface area contributed by atoms with E-state index in [0.717, 1.165) is 72.7 Å². The zero-order valence-corrected chi connectivity index (χ0v) is 21.8. The van der Waals surface area contributed by atoms with Gasteiger partial charge in [-0.3, -0.25) is 0 Å². The van der Waals surface area contributed by atoms with Gasteiger partial charge in [0.05, 0.1) is 11.0 Å². The number of carboxylic acid groups (broad SMARTS) is 1. The van der Waals surface area contributed by atoms with Gasteiger partial charge in [-0.15, -0.1) is 11.3 Å². The summed E-state index contributed by atoms with van der Waals surface area (Å²) in [6, 6.07) is 14.9. The normalized spacial score (nSPS) is 14.9. The van der Waals surface area contributed by atoms with Gasteiger partial charge >= 0.3 is 5.97 Å². The molecule has 9 heteroatoms. The molecule has 1 fully saturated rings. The highest BCUT2D eigenvalue weighted by Crippen LogP contribution is 2.26. The second kappa shape index (κ2) is 11.4. The highest BCUT2D eigenvalue weighted by molar-refractivity contribution is 7.15. The quantitative estimate of drug-likeness (QED) is 0.294. The van der Waals surface area contributed by atoms with Crippen molar-refractivity contribution in [2.75, 3.05) is 31.5 Å². The Labute approximate surface area is 220 Å². The number of rotatable bonds is 10. The van der Waals surface area contributed by atoms with Crippen LogP contribution in [0.1, 0.15) is 46.5 Å². The fourth-order valence-electron chi connectivity index (χ4n) is 5.06. The van der Waals surface area contributed by atoms with E-state index in [1.807, 2.05) is 31.2 Å². The number of carbonyl (C=O) groups is 1. The molecule has 0 radical (unpaired) electrons. The van der Waals surface area contributed by atoms with Crippen LogP contribution >= 0.6 is 11.3 Å². The molecule has 2 aromatic heterocycles. The molecule has 0 saturated carbocycles. The molecule has 0 aliphatic carbocycles. The van der Waals surface area contributed by atoms with Crippen LogP contribution < -0.4 is 5.32 Å². The van der Waals surface area contributed by atoms with Crippen molar-refractivity contribution in [1.82, 2.24) is 19.4 Å². The molecule has 3 heterocycles. The molecule has 1 aliphatic heterocycles. The van der Waals surface area contributed by atoms with E-state index < -0.39 is 5.97 Å². The van der Waals surface area contributed by atoms with E-state index >= 15 is 0 Å². The van der Waals surface area contributed by atoms with Crippen LogP contribution in [0.4, 0.5) is 9.52 Å². The number of imidazole rings is 1. The molecule has 194 valence electrons. The van der Waals surface area contributed by atoms with Crippen molar-refractivity contribution in [3.63, 3.8) is 0 Å². The summed E-state index contributed by atoms with van der Waals surface area (Å²) in [7, 11) is 0. The fraction of sp³-hybridized carbons (Fsp3) is 0.393. The summed E-state index contributed by atoms with van der Waals surface area (Å²) in [5, 5.41) is 13.3. The molecule has 1 saturated heterocycles. The number of aromatic carboxylic acids is 1. The molecular weight excluding hydrogens is 489 g/mol. The molecule has 2 N–H and O–H groups in total. The third-order valence-electron chi connectivity index (χ3n) is 7.09. The third kappa shape index (κ3) is 5.99. The van der Waals surface area contributed by atoms with Crippen LogP contribution in [-0.4, -0.2) is 56.7 Å². The summed E-state index contributed by atoms with van der Waals surface area (Å²) in [6.45, 7) is 6.34. The number of nitrogens with one attached hydrogen (secondary N) is 1. The number of aryl methyl sites for hydroxylation is 1. The van der Waals surface area contributed by atoms with Gasteiger partial charge in [0.15, 0.2) is 10.8 Å². The van der Waals surface area contributed by atoms with Gasteiger partial charge in [0.25, 0.3) is 0 Å². The van der Waals surface area contributed by atoms with Crippen molar-refractivity contribution in [2.45, 2.75) is 39.2 Å². The number of carboxylic acids is 1. The maximum absolute atomic E-state index is 13.4. The SMILES string of the molecule is CCc1sc(NCCN2CCC(Cc3nc4ccccc4n3Cc3ccc(F)cc3)CC2)nc1C(=O)O. The molecule has 1 aliphatic rings. The molecule has 0 amide bonds. The number of aromatic nitrogens is 3. The van der Waals surface area contributed by atoms with E-state index in [4.69, 9.17) is 4.98 Å². The fourth-order valence-corrected chi connectivity index (χ4v) is 5.98. The lowest BCUT2D eigenvalue weighted by atomic mass is 9.93. The Morgan fingerprint density at radius 2 is 1.89 bits per heavy atom. The number of halogens is 1. The number of likely N-dealkylation sites (tertiary alicyclic amines) is 1. The van der Waals surface area contributed by atoms with Crippen molar-refractivity contribution in [2.24, 2.45) is 5.92 Å². The molecule has 0 unspecified atom stereocenters. The predicted molar refractivity (Wildman–Crippen MR) is 145 cm³/mol. The van der Waals surface area contributed by atoms with Gasteiger partial charge in [-0.05, 0) is 68.1 Å². The predicted octanol–water partition coefficient (Wildman–Crippen LogP) is 5.31. The van der Waals surface area contributed by atoms with E-state index in [2.05, 4.69) is 31.9 Å². The van der Waals surface area contributed by atoms with Gasteiger partial charge in [-0.1, -0.05) is 31.2 Å². The van der Waals surface area contributed by atoms with Crippen molar-refractivity contribution in [3.8, 4) is 0 Å². The van der Waals surface area contributed by atoms with Gasteiger partial charge < -0.3 is 19.9 Å². The van der Waals surface area contributed by atoms with Crippen LogP contribution in [0.2, 0.25) is 0 Å². The summed E-state index contributed by atoms with van der Waals surface area (Å²) in [5.74, 6) is 0.478. The first-order valence-corrected chi connectivity index (χ1v) is 13.7. The van der Waals surface area contributed by atoms with Crippen LogP contribution in [0.15, 0.2) is 48.5 Å². The number of benzene rings is 2. The van der Waals surface area contributed by atoms with Crippen molar-refractivity contribution < 1.29 is 14.3 Å². The minimum absolute atomic E-state index is 0.168. The van der Waals surface area contributed by atoms with E-state index in [1.165, 1.54) is 23.5 Å². The topological polar surface area (TPSA) is 83.3 Å². The van der Waals surface area contributed by atoms with E-state index in [-0.39, 0.29) is 11.5 Å². The summed E-state index contributed by atoms with van der Waals surface area (Å²) in [4.78, 5) is 23.8. The standard InChI is InChI=1S/C28H32FN5O2S/c1-2-24-26(27(35)36)32-28(37-24)30-13-16-33-14-11-19(12-15-33)17-25-31-22-5-3-4-6-23(22)34(25)18-20-7-9-21(29)10-8-20/h3-10,19H,2,11-18H2,1H3,(H,30,32)(H,35,36). The van der Waals surface area contributed by atoms with Gasteiger partial charge in [0.1, 0.15) is 11.6 Å². The Morgan fingerprint density at radius 3 is 2.59 bits per heavy atom. The Morgan fingerprint density at radius 1 is 1.14 bits per heavy atom. The Kier molecular flexibility index (Phi) is 7.81. The number of anilines is 1. The first-order chi connectivity index (χ1) is 18.0. The molecule has 0 atom stereocenters. The second-order valence-corrected chi connectivity index (χ2v) is 10.7. The number of piperidine rings is 1. The maximum atomic E-state index is 13.4. The van der Waals surface area contributed by atoms with Crippen molar-refractivity contribution in [3.05, 3.63) is 76.3 Å². The van der Waals surface area contributed by atoms with E-state index in [9.17, 15) is 14.3 Å². The van der Waals surface area contributed by atoms with Gasteiger partial charge in [-0.2, -0.15) is 0 Å². The molecule has 37 heavy (non-hydrogen) atoms. The highest BCUT2D eigenvalue weighted by Gasteiger charge is 2.22. The summed E-state index contributed by atoms with van der Waals surface area (Å²) < 4.78 is 15.7. The van der Waals surface area contributed by atoms with Gasteiger partial charge in [-0.25, -0.2) is 19.2 Å². The average molecular weight is 522 g/mol. The van der Waals surface area contributed by atoms with E-state index in [1.54, 1.807) is 0 Å². The number of para-hydroxylation sites is 2. The third-order valence-corrected chi connectivity index (χ3v) is 8.25. The lowest BCUT2D eigenvalue weighted by molar-refractivity contribution is 0.0690. The molecule has 4 aromatic rings. The highest BCUT2D eigenvalue weighted by atomic mass is 32.1. The Bertz CT molecular complexity index is 1360. The largest absolute Gasteiger partial charge is 0.476 e. The number of hydrogen-bond acceptors (Lipinski definition) is 6. The lowest BCUT2D eigenvalue weighted by Crippen LogP contribution is -2.37. The Balaban J connectivity index is 1.16. The maximum Gasteiger partial charge on any atom is 0.355 e. The first-order valence-electron chi connectivity index (χ1n) is 12.9. The van der Waals surface area contributed by atoms with Gasteiger partial charge in [0, 0.05) is 30.9 Å². The van der Waals surface area contributed by atoms with Crippen LogP contribution in [0.25, 0.3) is 11.0 Å². The lowest BCUT2D eigenvalue weighted by Gasteiger charge is -2.31. The minimum atomic E-state index is -0.964. The molecule has 7 nitrogen and oxygen atoms in total. The Hall–Kier alpha value is -3.30. The van der Waals surface area contributed by atoms with Crippen molar-refractivity contribution >= 4 is 33.5 Å². The number of thiazole rings is 1. The summed E-state index contributed by atoms with van der Waals surface area (Å²) in [5.41, 5.74) is 3.35. The van der Waals surface area contributed by atoms with Crippen LogP contribution in [-0.2, 0) is 19.4 Å².